The maximum Gasteiger partial charge on any atom is 0.165 e. The zero-order chi connectivity index (χ0) is 33.9. The van der Waals surface area contributed by atoms with E-state index >= 15 is 0 Å². The van der Waals surface area contributed by atoms with Gasteiger partial charge in [0.2, 0.25) is 0 Å². The maximum absolute atomic E-state index is 7.22. The first kappa shape index (κ1) is 29.4. The van der Waals surface area contributed by atoms with Crippen LogP contribution in [0.5, 0.6) is 0 Å². The molecule has 0 aliphatic rings. The van der Waals surface area contributed by atoms with Gasteiger partial charge in [0.25, 0.3) is 0 Å². The van der Waals surface area contributed by atoms with Gasteiger partial charge in [-0.3, -0.25) is 0 Å². The molecule has 3 heterocycles. The molecule has 0 aliphatic carbocycles. The molecule has 10 aromatic rings. The van der Waals surface area contributed by atoms with Gasteiger partial charge < -0.3 is 9.13 Å². The average Bonchev–Trinajstić information content (AvgIpc) is 3.70. The Labute approximate surface area is 298 Å². The van der Waals surface area contributed by atoms with E-state index in [0.29, 0.717) is 22.5 Å². The molecule has 0 amide bonds. The Morgan fingerprint density at radius 3 is 1.37 bits per heavy atom. The molecule has 10 rings (SSSR count). The van der Waals surface area contributed by atoms with Crippen LogP contribution in [0.25, 0.3) is 89.2 Å². The Morgan fingerprint density at radius 1 is 0.353 bits per heavy atom. The van der Waals surface area contributed by atoms with Gasteiger partial charge in [-0.1, -0.05) is 127 Å². The van der Waals surface area contributed by atoms with Crippen LogP contribution in [0.4, 0.5) is 0 Å². The summed E-state index contributed by atoms with van der Waals surface area (Å²) < 4.78 is 4.67. The van der Waals surface area contributed by atoms with Crippen molar-refractivity contribution in [1.29, 1.82) is 0 Å². The molecule has 0 radical (unpaired) electrons. The molecular formula is C45H28ClN5. The molecular weight excluding hydrogens is 646 g/mol. The smallest absolute Gasteiger partial charge is 0.165 e. The number of rotatable bonds is 5. The van der Waals surface area contributed by atoms with Crippen LogP contribution >= 0.6 is 11.6 Å². The Balaban J connectivity index is 1.19. The number of hydrogen-bond donors (Lipinski definition) is 0. The van der Waals surface area contributed by atoms with Gasteiger partial charge in [-0.05, 0) is 54.6 Å². The largest absolute Gasteiger partial charge is 0.309 e. The molecule has 0 aliphatic heterocycles. The van der Waals surface area contributed by atoms with Crippen LogP contribution in [0.15, 0.2) is 170 Å². The fraction of sp³-hybridized carbons (Fsp3) is 0. The van der Waals surface area contributed by atoms with E-state index in [0.717, 1.165) is 44.6 Å². The van der Waals surface area contributed by atoms with Crippen molar-refractivity contribution in [2.75, 3.05) is 0 Å². The highest BCUT2D eigenvalue weighted by Crippen LogP contribution is 2.40. The van der Waals surface area contributed by atoms with E-state index in [4.69, 9.17) is 26.6 Å². The lowest BCUT2D eigenvalue weighted by Crippen LogP contribution is -2.01. The van der Waals surface area contributed by atoms with E-state index in [1.807, 2.05) is 72.8 Å². The van der Waals surface area contributed by atoms with Crippen molar-refractivity contribution in [2.24, 2.45) is 0 Å². The first-order chi connectivity index (χ1) is 25.2. The molecule has 0 spiro atoms. The summed E-state index contributed by atoms with van der Waals surface area (Å²) in [6.07, 6.45) is 0. The summed E-state index contributed by atoms with van der Waals surface area (Å²) in [4.78, 5) is 14.7. The predicted octanol–water partition coefficient (Wildman–Crippen LogP) is 11.7. The number of halogens is 1. The van der Waals surface area contributed by atoms with Gasteiger partial charge in [-0.2, -0.15) is 0 Å². The Bertz CT molecular complexity index is 2860. The fourth-order valence-corrected chi connectivity index (χ4v) is 7.58. The lowest BCUT2D eigenvalue weighted by atomic mass is 10.1. The molecule has 0 saturated carbocycles. The minimum absolute atomic E-state index is 0.524. The van der Waals surface area contributed by atoms with Crippen LogP contribution in [0.2, 0.25) is 5.02 Å². The van der Waals surface area contributed by atoms with Crippen LogP contribution in [0.1, 0.15) is 0 Å². The van der Waals surface area contributed by atoms with Crippen molar-refractivity contribution >= 4 is 55.2 Å². The molecule has 240 valence electrons. The minimum atomic E-state index is 0.524. The van der Waals surface area contributed by atoms with Crippen molar-refractivity contribution in [2.45, 2.75) is 0 Å². The third kappa shape index (κ3) is 4.82. The highest BCUT2D eigenvalue weighted by atomic mass is 35.5. The van der Waals surface area contributed by atoms with E-state index in [1.165, 1.54) is 27.1 Å². The van der Waals surface area contributed by atoms with Gasteiger partial charge in [0.05, 0.1) is 27.1 Å². The third-order valence-corrected chi connectivity index (χ3v) is 9.94. The van der Waals surface area contributed by atoms with Gasteiger partial charge in [0.1, 0.15) is 0 Å². The second kappa shape index (κ2) is 11.8. The summed E-state index contributed by atoms with van der Waals surface area (Å²) >= 11 is 7.22. The van der Waals surface area contributed by atoms with E-state index in [2.05, 4.69) is 106 Å². The SMILES string of the molecule is Clc1cc(-n2c3ccccc3c3cc4c5ccccc5n(-c5ccccc5)c4cc32)ccc1-c1nc(-c2ccccc2)nc(-c2ccccc2)n1. The molecule has 0 saturated heterocycles. The summed E-state index contributed by atoms with van der Waals surface area (Å²) in [5.74, 6) is 1.72. The first-order valence-electron chi connectivity index (χ1n) is 16.9. The molecule has 3 aromatic heterocycles. The van der Waals surface area contributed by atoms with Crippen molar-refractivity contribution in [1.82, 2.24) is 24.1 Å². The van der Waals surface area contributed by atoms with E-state index in [9.17, 15) is 0 Å². The molecule has 51 heavy (non-hydrogen) atoms. The standard InChI is InChI=1S/C45H28ClN5/c46-38-26-32(24-25-35(38)45-48-43(29-14-4-1-5-15-29)47-44(49-45)30-16-6-2-7-17-30)51-40-23-13-11-21-34(40)37-27-36-33-20-10-12-22-39(33)50(41(36)28-42(37)51)31-18-8-3-9-19-31/h1-28H. The molecule has 0 fully saturated rings. The minimum Gasteiger partial charge on any atom is -0.309 e. The van der Waals surface area contributed by atoms with Crippen LogP contribution in [0, 0.1) is 0 Å². The normalized spacial score (nSPS) is 11.6. The monoisotopic (exact) mass is 673 g/mol. The number of para-hydroxylation sites is 3. The molecule has 6 heteroatoms. The van der Waals surface area contributed by atoms with Gasteiger partial charge in [0.15, 0.2) is 17.5 Å². The third-order valence-electron chi connectivity index (χ3n) is 9.63. The summed E-state index contributed by atoms with van der Waals surface area (Å²) in [6.45, 7) is 0. The van der Waals surface area contributed by atoms with Crippen molar-refractivity contribution in [3.8, 4) is 45.5 Å². The lowest BCUT2D eigenvalue weighted by molar-refractivity contribution is 1.07. The Morgan fingerprint density at radius 2 is 0.824 bits per heavy atom. The van der Waals surface area contributed by atoms with Crippen LogP contribution in [0.3, 0.4) is 0 Å². The summed E-state index contributed by atoms with van der Waals surface area (Å²) in [5, 5.41) is 5.37. The number of aromatic nitrogens is 5. The first-order valence-corrected chi connectivity index (χ1v) is 17.3. The number of hydrogen-bond acceptors (Lipinski definition) is 3. The summed E-state index contributed by atoms with van der Waals surface area (Å²) in [7, 11) is 0. The maximum atomic E-state index is 7.22. The average molecular weight is 674 g/mol. The number of fused-ring (bicyclic) bond motifs is 6. The summed E-state index contributed by atoms with van der Waals surface area (Å²) in [6, 6.07) is 58.6. The lowest BCUT2D eigenvalue weighted by Gasteiger charge is -2.13. The highest BCUT2D eigenvalue weighted by Gasteiger charge is 2.20. The molecule has 5 nitrogen and oxygen atoms in total. The second-order valence-electron chi connectivity index (χ2n) is 12.6. The molecule has 7 aromatic carbocycles. The molecule has 0 unspecified atom stereocenters. The van der Waals surface area contributed by atoms with E-state index < -0.39 is 0 Å². The van der Waals surface area contributed by atoms with Crippen LogP contribution in [-0.2, 0) is 0 Å². The number of nitrogens with zero attached hydrogens (tertiary/aromatic N) is 5. The van der Waals surface area contributed by atoms with Gasteiger partial charge in [0, 0.05) is 49.6 Å². The van der Waals surface area contributed by atoms with Crippen molar-refractivity contribution in [3.05, 3.63) is 175 Å². The molecule has 0 bridgehead atoms. The van der Waals surface area contributed by atoms with Gasteiger partial charge in [-0.25, -0.2) is 15.0 Å². The van der Waals surface area contributed by atoms with Crippen molar-refractivity contribution < 1.29 is 0 Å². The predicted molar refractivity (Wildman–Crippen MR) is 210 cm³/mol. The zero-order valence-electron chi connectivity index (χ0n) is 27.3. The number of benzene rings is 7. The van der Waals surface area contributed by atoms with Crippen molar-refractivity contribution in [3.63, 3.8) is 0 Å². The van der Waals surface area contributed by atoms with E-state index in [-0.39, 0.29) is 0 Å². The van der Waals surface area contributed by atoms with Gasteiger partial charge in [-0.15, -0.1) is 0 Å². The second-order valence-corrected chi connectivity index (χ2v) is 13.0. The summed E-state index contributed by atoms with van der Waals surface area (Å²) in [5.41, 5.74) is 9.18. The van der Waals surface area contributed by atoms with E-state index in [1.54, 1.807) is 0 Å². The molecule has 0 N–H and O–H groups in total. The molecule has 0 atom stereocenters. The van der Waals surface area contributed by atoms with Gasteiger partial charge >= 0.3 is 0 Å². The zero-order valence-corrected chi connectivity index (χ0v) is 28.0. The Hall–Kier alpha value is -6.56. The quantitative estimate of drug-likeness (QED) is 0.183. The highest BCUT2D eigenvalue weighted by molar-refractivity contribution is 6.33. The Kier molecular flexibility index (Phi) is 6.79. The fourth-order valence-electron chi connectivity index (χ4n) is 7.32. The topological polar surface area (TPSA) is 48.5 Å². The van der Waals surface area contributed by atoms with Crippen LogP contribution < -0.4 is 0 Å². The van der Waals surface area contributed by atoms with Crippen LogP contribution in [-0.4, -0.2) is 24.1 Å².